The molecule has 132 valence electrons. The van der Waals surface area contributed by atoms with Crippen LogP contribution in [0.15, 0.2) is 36.5 Å². The lowest BCUT2D eigenvalue weighted by molar-refractivity contribution is 0.0568. The monoisotopic (exact) mass is 359 g/mol. The van der Waals surface area contributed by atoms with Crippen LogP contribution in [-0.2, 0) is 17.8 Å². The van der Waals surface area contributed by atoms with Crippen molar-refractivity contribution in [2.75, 3.05) is 19.8 Å². The van der Waals surface area contributed by atoms with E-state index in [1.165, 1.54) is 12.8 Å². The highest BCUT2D eigenvalue weighted by Gasteiger charge is 2.27. The quantitative estimate of drug-likeness (QED) is 0.823. The number of carbonyl (C=O) groups is 1. The fourth-order valence-corrected chi connectivity index (χ4v) is 3.47. The standard InChI is InChI=1S/C19H22ClN3O2/c20-17-3-1-2-16(8-17)19(24)22-9-15(13-25-12-14-4-5-14)10-23-18(11-22)6-7-21-23/h1-3,6-8,14-15H,4-5,9-13H2. The Balaban J connectivity index is 1.50. The Hall–Kier alpha value is -1.85. The van der Waals surface area contributed by atoms with Crippen molar-refractivity contribution in [1.82, 2.24) is 14.7 Å². The minimum atomic E-state index is 0.00402. The Bertz CT molecular complexity index is 757. The number of amides is 1. The zero-order valence-corrected chi connectivity index (χ0v) is 14.9. The average molecular weight is 360 g/mol. The molecule has 1 unspecified atom stereocenters. The van der Waals surface area contributed by atoms with Gasteiger partial charge < -0.3 is 9.64 Å². The van der Waals surface area contributed by atoms with Gasteiger partial charge in [0.1, 0.15) is 0 Å². The van der Waals surface area contributed by atoms with Gasteiger partial charge in [0, 0.05) is 42.4 Å². The lowest BCUT2D eigenvalue weighted by atomic mass is 10.1. The van der Waals surface area contributed by atoms with Gasteiger partial charge in [-0.15, -0.1) is 0 Å². The molecule has 5 nitrogen and oxygen atoms in total. The highest BCUT2D eigenvalue weighted by Crippen LogP contribution is 2.29. The van der Waals surface area contributed by atoms with Crippen molar-refractivity contribution in [3.8, 4) is 0 Å². The number of fused-ring (bicyclic) bond motifs is 1. The third-order valence-electron chi connectivity index (χ3n) is 4.83. The van der Waals surface area contributed by atoms with Gasteiger partial charge in [-0.05, 0) is 43.0 Å². The van der Waals surface area contributed by atoms with Gasteiger partial charge in [0.05, 0.1) is 18.8 Å². The molecule has 0 N–H and O–H groups in total. The molecule has 2 heterocycles. The van der Waals surface area contributed by atoms with Gasteiger partial charge in [0.25, 0.3) is 5.91 Å². The predicted octanol–water partition coefficient (Wildman–Crippen LogP) is 3.24. The number of hydrogen-bond donors (Lipinski definition) is 0. The van der Waals surface area contributed by atoms with E-state index >= 15 is 0 Å². The van der Waals surface area contributed by atoms with Crippen LogP contribution in [-0.4, -0.2) is 40.3 Å². The predicted molar refractivity (Wildman–Crippen MR) is 95.5 cm³/mol. The maximum atomic E-state index is 13.0. The van der Waals surface area contributed by atoms with E-state index in [4.69, 9.17) is 16.3 Å². The van der Waals surface area contributed by atoms with Crippen molar-refractivity contribution in [2.24, 2.45) is 11.8 Å². The summed E-state index contributed by atoms with van der Waals surface area (Å²) in [5, 5.41) is 4.98. The Morgan fingerprint density at radius 3 is 2.84 bits per heavy atom. The second-order valence-corrected chi connectivity index (χ2v) is 7.48. The second kappa shape index (κ2) is 7.18. The molecule has 1 saturated carbocycles. The van der Waals surface area contributed by atoms with Gasteiger partial charge in [0.15, 0.2) is 0 Å². The van der Waals surface area contributed by atoms with E-state index in [2.05, 4.69) is 5.10 Å². The number of ether oxygens (including phenoxy) is 1. The van der Waals surface area contributed by atoms with E-state index in [0.717, 1.165) is 24.8 Å². The Kier molecular flexibility index (Phi) is 4.77. The molecule has 2 aliphatic rings. The van der Waals surface area contributed by atoms with Crippen LogP contribution in [0, 0.1) is 11.8 Å². The van der Waals surface area contributed by atoms with E-state index in [1.54, 1.807) is 18.3 Å². The maximum Gasteiger partial charge on any atom is 0.254 e. The van der Waals surface area contributed by atoms with E-state index in [-0.39, 0.29) is 11.8 Å². The minimum Gasteiger partial charge on any atom is -0.381 e. The topological polar surface area (TPSA) is 47.4 Å². The van der Waals surface area contributed by atoms with E-state index in [9.17, 15) is 4.79 Å². The van der Waals surface area contributed by atoms with Crippen molar-refractivity contribution >= 4 is 17.5 Å². The number of carbonyl (C=O) groups excluding carboxylic acids is 1. The first-order valence-electron chi connectivity index (χ1n) is 8.82. The molecule has 0 saturated heterocycles. The molecule has 1 aliphatic heterocycles. The van der Waals surface area contributed by atoms with Gasteiger partial charge >= 0.3 is 0 Å². The van der Waals surface area contributed by atoms with E-state index < -0.39 is 0 Å². The van der Waals surface area contributed by atoms with Crippen LogP contribution in [0.2, 0.25) is 5.02 Å². The van der Waals surface area contributed by atoms with E-state index in [0.29, 0.717) is 30.3 Å². The third-order valence-corrected chi connectivity index (χ3v) is 5.06. The van der Waals surface area contributed by atoms with E-state index in [1.807, 2.05) is 27.8 Å². The summed E-state index contributed by atoms with van der Waals surface area (Å²) < 4.78 is 7.89. The zero-order valence-electron chi connectivity index (χ0n) is 14.1. The third kappa shape index (κ3) is 4.05. The van der Waals surface area contributed by atoms with Gasteiger partial charge in [-0.2, -0.15) is 5.10 Å². The molecule has 2 aromatic rings. The Labute approximate surface area is 152 Å². The van der Waals surface area contributed by atoms with Crippen LogP contribution in [0.4, 0.5) is 0 Å². The van der Waals surface area contributed by atoms with Crippen LogP contribution < -0.4 is 0 Å². The van der Waals surface area contributed by atoms with Gasteiger partial charge in [0.2, 0.25) is 0 Å². The van der Waals surface area contributed by atoms with Crippen LogP contribution in [0.25, 0.3) is 0 Å². The lowest BCUT2D eigenvalue weighted by Crippen LogP contribution is -2.35. The largest absolute Gasteiger partial charge is 0.381 e. The van der Waals surface area contributed by atoms with Crippen molar-refractivity contribution in [1.29, 1.82) is 0 Å². The summed E-state index contributed by atoms with van der Waals surface area (Å²) in [6.07, 6.45) is 4.37. The normalized spacial score (nSPS) is 20.2. The summed E-state index contributed by atoms with van der Waals surface area (Å²) in [5.41, 5.74) is 1.68. The molecule has 4 rings (SSSR count). The van der Waals surface area contributed by atoms with Crippen LogP contribution >= 0.6 is 11.6 Å². The lowest BCUT2D eigenvalue weighted by Gasteiger charge is -2.24. The maximum absolute atomic E-state index is 13.0. The number of hydrogen-bond acceptors (Lipinski definition) is 3. The molecule has 1 aliphatic carbocycles. The molecule has 0 spiro atoms. The SMILES string of the molecule is O=C(c1cccc(Cl)c1)N1Cc2ccnn2CC(COCC2CC2)C1. The van der Waals surface area contributed by atoms with Crippen molar-refractivity contribution in [2.45, 2.75) is 25.9 Å². The first-order chi connectivity index (χ1) is 12.2. The highest BCUT2D eigenvalue weighted by atomic mass is 35.5. The molecule has 1 aromatic heterocycles. The molecule has 25 heavy (non-hydrogen) atoms. The van der Waals surface area contributed by atoms with Gasteiger partial charge in [-0.25, -0.2) is 0 Å². The van der Waals surface area contributed by atoms with Crippen LogP contribution in [0.1, 0.15) is 28.9 Å². The molecule has 0 radical (unpaired) electrons. The van der Waals surface area contributed by atoms with Crippen LogP contribution in [0.3, 0.4) is 0 Å². The molecule has 1 fully saturated rings. The smallest absolute Gasteiger partial charge is 0.254 e. The summed E-state index contributed by atoms with van der Waals surface area (Å²) in [6, 6.07) is 9.11. The molecular weight excluding hydrogens is 338 g/mol. The molecule has 1 atom stereocenters. The molecular formula is C19H22ClN3O2. The Morgan fingerprint density at radius 1 is 1.20 bits per heavy atom. The number of rotatable bonds is 5. The van der Waals surface area contributed by atoms with Crippen LogP contribution in [0.5, 0.6) is 0 Å². The minimum absolute atomic E-state index is 0.00402. The summed E-state index contributed by atoms with van der Waals surface area (Å²) in [5.74, 6) is 0.989. The molecule has 0 bridgehead atoms. The number of benzene rings is 1. The molecule has 6 heteroatoms. The molecule has 1 amide bonds. The molecule has 1 aromatic carbocycles. The second-order valence-electron chi connectivity index (χ2n) is 7.05. The summed E-state index contributed by atoms with van der Waals surface area (Å²) in [4.78, 5) is 14.9. The summed E-state index contributed by atoms with van der Waals surface area (Å²) in [6.45, 7) is 3.51. The number of aromatic nitrogens is 2. The van der Waals surface area contributed by atoms with Gasteiger partial charge in [-0.1, -0.05) is 17.7 Å². The number of halogens is 1. The van der Waals surface area contributed by atoms with Crippen molar-refractivity contribution in [3.63, 3.8) is 0 Å². The first kappa shape index (κ1) is 16.6. The van der Waals surface area contributed by atoms with Gasteiger partial charge in [-0.3, -0.25) is 9.48 Å². The number of nitrogens with zero attached hydrogens (tertiary/aromatic N) is 3. The first-order valence-corrected chi connectivity index (χ1v) is 9.20. The Morgan fingerprint density at radius 2 is 2.04 bits per heavy atom. The zero-order chi connectivity index (χ0) is 17.2. The van der Waals surface area contributed by atoms with Crippen molar-refractivity contribution < 1.29 is 9.53 Å². The summed E-state index contributed by atoms with van der Waals surface area (Å²) in [7, 11) is 0. The fraction of sp³-hybridized carbons (Fsp3) is 0.474. The highest BCUT2D eigenvalue weighted by molar-refractivity contribution is 6.30. The summed E-state index contributed by atoms with van der Waals surface area (Å²) >= 11 is 6.05. The van der Waals surface area contributed by atoms with Crippen molar-refractivity contribution in [3.05, 3.63) is 52.8 Å². The fourth-order valence-electron chi connectivity index (χ4n) is 3.28. The average Bonchev–Trinajstić information content (AvgIpc) is 3.36.